The number of imidazole rings is 1. The zero-order valence-corrected chi connectivity index (χ0v) is 41.4. The van der Waals surface area contributed by atoms with Gasteiger partial charge in [0.05, 0.1) is 63.9 Å². The SMILES string of the molecule is [2H]c1c([2H])c([2H])c(-c2cccc(-c3c([2H])c([2H])c([2H])c([2H])c3[2H])c2-[n+]2[c-]n(-c3cccc(Oc4cc(-n5c6ccccc6c6ccccc65)c5c6ccccc6n(-c6cc(CC(C)(C)c7ccccc7)ccn6)c5c4)c3)c3ccccc32)c([2H])c1[2H]. The normalized spacial score (nSPS) is 13.7. The molecule has 0 fully saturated rings. The third-order valence-electron chi connectivity index (χ3n) is 14.5. The van der Waals surface area contributed by atoms with Gasteiger partial charge in [-0.15, -0.1) is 0 Å². The summed E-state index contributed by atoms with van der Waals surface area (Å²) >= 11 is 0. The summed E-state index contributed by atoms with van der Waals surface area (Å²) in [5.74, 6) is 1.79. The summed E-state index contributed by atoms with van der Waals surface area (Å²) in [6.07, 6.45) is 6.17. The molecule has 4 aromatic heterocycles. The summed E-state index contributed by atoms with van der Waals surface area (Å²) in [5, 5.41) is 4.27. The second kappa shape index (κ2) is 18.3. The Morgan fingerprint density at radius 3 is 1.80 bits per heavy atom. The molecule has 6 nitrogen and oxygen atoms in total. The summed E-state index contributed by atoms with van der Waals surface area (Å²) in [6.45, 7) is 4.54. The summed E-state index contributed by atoms with van der Waals surface area (Å²) in [7, 11) is 0. The largest absolute Gasteiger partial charge is 0.458 e. The highest BCUT2D eigenvalue weighted by molar-refractivity contribution is 6.16. The number of aromatic nitrogens is 5. The number of para-hydroxylation sites is 6. The molecule has 0 saturated heterocycles. The van der Waals surface area contributed by atoms with Crippen molar-refractivity contribution in [1.29, 1.82) is 0 Å². The van der Waals surface area contributed by atoms with E-state index in [1.807, 2.05) is 65.4 Å². The van der Waals surface area contributed by atoms with Gasteiger partial charge in [0, 0.05) is 39.9 Å². The molecular weight excluding hydrogens is 927 g/mol. The maximum Gasteiger partial charge on any atom is 0.269 e. The highest BCUT2D eigenvalue weighted by Crippen LogP contribution is 2.43. The molecule has 0 amide bonds. The number of fused-ring (bicyclic) bond motifs is 7. The summed E-state index contributed by atoms with van der Waals surface area (Å²) < 4.78 is 103. The molecule has 0 aliphatic carbocycles. The lowest BCUT2D eigenvalue weighted by Crippen LogP contribution is -2.31. The molecule has 10 aromatic carbocycles. The zero-order valence-electron chi connectivity index (χ0n) is 51.4. The van der Waals surface area contributed by atoms with Crippen LogP contribution in [-0.4, -0.2) is 18.7 Å². The first-order valence-corrected chi connectivity index (χ1v) is 25.2. The standard InChI is InChI=1S/C70H51N5O/c1-70(2,51-26-10-5-11-27-51)46-48-40-41-71-67(42-48)75-62-37-17-14-32-59(62)68-65(74-60-35-15-12-30-57(60)58-31-13-16-36-61(58)74)44-54(45-66(68)75)76-53-29-20-28-52(43-53)72-47-73(64-39-19-18-38-63(64)72)69-55(49-22-6-3-7-23-49)33-21-34-56(69)50-24-8-4-9-25-50/h3-45H,46H2,1-2H3/i3D,4D,6D,7D,8D,9D,22D,23D,24D,25D. The molecule has 0 unspecified atom stereocenters. The average Bonchev–Trinajstić information content (AvgIpc) is 1.52. The molecule has 0 spiro atoms. The highest BCUT2D eigenvalue weighted by atomic mass is 16.5. The van der Waals surface area contributed by atoms with Gasteiger partial charge in [0.2, 0.25) is 0 Å². The molecular formula is C70H51N5O. The van der Waals surface area contributed by atoms with Crippen LogP contribution < -0.4 is 9.30 Å². The van der Waals surface area contributed by atoms with E-state index in [-0.39, 0.29) is 33.4 Å². The molecule has 0 radical (unpaired) electrons. The van der Waals surface area contributed by atoms with Crippen molar-refractivity contribution in [1.82, 2.24) is 18.7 Å². The first-order valence-electron chi connectivity index (χ1n) is 30.2. The van der Waals surface area contributed by atoms with Crippen molar-refractivity contribution >= 4 is 54.6 Å². The number of hydrogen-bond acceptors (Lipinski definition) is 2. The third-order valence-corrected chi connectivity index (χ3v) is 14.5. The fraction of sp³-hybridized carbons (Fsp3) is 0.0571. The van der Waals surface area contributed by atoms with E-state index < -0.39 is 60.4 Å². The molecule has 0 aliphatic heterocycles. The molecule has 14 rings (SSSR count). The van der Waals surface area contributed by atoms with Crippen molar-refractivity contribution in [2.24, 2.45) is 0 Å². The minimum Gasteiger partial charge on any atom is -0.458 e. The van der Waals surface area contributed by atoms with Crippen LogP contribution in [0.4, 0.5) is 0 Å². The second-order valence-electron chi connectivity index (χ2n) is 19.6. The van der Waals surface area contributed by atoms with E-state index in [0.717, 1.165) is 67.1 Å². The van der Waals surface area contributed by atoms with Crippen LogP contribution >= 0.6 is 0 Å². The Labute approximate surface area is 455 Å². The lowest BCUT2D eigenvalue weighted by Gasteiger charge is -2.25. The van der Waals surface area contributed by atoms with Gasteiger partial charge >= 0.3 is 0 Å². The first-order chi connectivity index (χ1) is 41.6. The Balaban J connectivity index is 0.968. The van der Waals surface area contributed by atoms with Crippen molar-refractivity contribution < 1.29 is 23.0 Å². The maximum absolute atomic E-state index is 9.15. The Morgan fingerprint density at radius 2 is 1.12 bits per heavy atom. The predicted molar refractivity (Wildman–Crippen MR) is 311 cm³/mol. The van der Waals surface area contributed by atoms with E-state index >= 15 is 0 Å². The van der Waals surface area contributed by atoms with Gasteiger partial charge in [0.1, 0.15) is 17.3 Å². The van der Waals surface area contributed by atoms with E-state index in [4.69, 9.17) is 23.4 Å². The number of nitrogens with zero attached hydrogens (tertiary/aromatic N) is 5. The van der Waals surface area contributed by atoms with Crippen LogP contribution in [0.3, 0.4) is 0 Å². The minimum absolute atomic E-state index is 0.139. The number of ether oxygens (including phenoxy) is 1. The van der Waals surface area contributed by atoms with Crippen molar-refractivity contribution in [3.8, 4) is 56.6 Å². The van der Waals surface area contributed by atoms with Crippen LogP contribution in [-0.2, 0) is 11.8 Å². The lowest BCUT2D eigenvalue weighted by molar-refractivity contribution is -0.571. The van der Waals surface area contributed by atoms with E-state index in [0.29, 0.717) is 28.2 Å². The smallest absolute Gasteiger partial charge is 0.269 e. The van der Waals surface area contributed by atoms with Crippen molar-refractivity contribution in [2.45, 2.75) is 25.7 Å². The van der Waals surface area contributed by atoms with Crippen molar-refractivity contribution in [3.63, 3.8) is 0 Å². The Morgan fingerprint density at radius 1 is 0.526 bits per heavy atom. The number of benzene rings is 10. The van der Waals surface area contributed by atoms with Gasteiger partial charge in [-0.3, -0.25) is 13.7 Å². The zero-order chi connectivity index (χ0) is 59.4. The summed E-state index contributed by atoms with van der Waals surface area (Å²) in [5.41, 5.74) is 9.02. The second-order valence-corrected chi connectivity index (χ2v) is 19.6. The first kappa shape index (κ1) is 35.4. The molecule has 76 heavy (non-hydrogen) atoms. The van der Waals surface area contributed by atoms with E-state index in [9.17, 15) is 0 Å². The fourth-order valence-electron chi connectivity index (χ4n) is 11.1. The third kappa shape index (κ3) is 7.65. The summed E-state index contributed by atoms with van der Waals surface area (Å²) in [4.78, 5) is 5.09. The van der Waals surface area contributed by atoms with Crippen LogP contribution in [0.5, 0.6) is 11.5 Å². The van der Waals surface area contributed by atoms with Crippen LogP contribution in [0.15, 0.2) is 261 Å². The molecule has 0 aliphatic rings. The van der Waals surface area contributed by atoms with Gasteiger partial charge in [0.15, 0.2) is 0 Å². The number of pyridine rings is 1. The van der Waals surface area contributed by atoms with Gasteiger partial charge in [-0.25, -0.2) is 4.98 Å². The Bertz CT molecular complexity index is 4930. The molecule has 6 heteroatoms. The van der Waals surface area contributed by atoms with Gasteiger partial charge in [-0.2, -0.15) is 0 Å². The monoisotopic (exact) mass is 987 g/mol. The summed E-state index contributed by atoms with van der Waals surface area (Å²) in [6, 6.07) is 58.8. The highest BCUT2D eigenvalue weighted by Gasteiger charge is 2.25. The molecule has 0 saturated carbocycles. The molecule has 4 heterocycles. The predicted octanol–water partition coefficient (Wildman–Crippen LogP) is 16.9. The maximum atomic E-state index is 9.15. The molecule has 14 aromatic rings. The molecule has 0 bridgehead atoms. The fourth-order valence-corrected chi connectivity index (χ4v) is 11.1. The van der Waals surface area contributed by atoms with Gasteiger partial charge < -0.3 is 9.30 Å². The number of rotatable bonds is 11. The lowest BCUT2D eigenvalue weighted by atomic mass is 9.79. The quantitative estimate of drug-likeness (QED) is 0.0957. The van der Waals surface area contributed by atoms with Crippen LogP contribution in [0.2, 0.25) is 0 Å². The van der Waals surface area contributed by atoms with Gasteiger partial charge in [-0.1, -0.05) is 208 Å². The van der Waals surface area contributed by atoms with E-state index in [2.05, 4.69) is 151 Å². The topological polar surface area (TPSA) is 40.8 Å². The van der Waals surface area contributed by atoms with Crippen LogP contribution in [0.1, 0.15) is 38.7 Å². The average molecular weight is 988 g/mol. The van der Waals surface area contributed by atoms with E-state index in [1.54, 1.807) is 22.8 Å². The Hall–Kier alpha value is -9.78. The number of hydrogen-bond donors (Lipinski definition) is 0. The van der Waals surface area contributed by atoms with Crippen molar-refractivity contribution in [2.75, 3.05) is 0 Å². The molecule has 0 atom stereocenters. The van der Waals surface area contributed by atoms with Gasteiger partial charge in [0.25, 0.3) is 6.33 Å². The molecule has 0 N–H and O–H groups in total. The Kier molecular flexibility index (Phi) is 8.52. The van der Waals surface area contributed by atoms with Crippen molar-refractivity contribution in [3.05, 3.63) is 278 Å². The molecule has 362 valence electrons. The van der Waals surface area contributed by atoms with Crippen LogP contribution in [0.25, 0.3) is 99.8 Å². The van der Waals surface area contributed by atoms with Crippen LogP contribution in [0, 0.1) is 6.33 Å². The minimum atomic E-state index is -0.573. The van der Waals surface area contributed by atoms with E-state index in [1.165, 1.54) is 5.56 Å². The van der Waals surface area contributed by atoms with Gasteiger partial charge in [-0.05, 0) is 93.7 Å².